The van der Waals surface area contributed by atoms with Crippen molar-refractivity contribution < 1.29 is 5.11 Å². The lowest BCUT2D eigenvalue weighted by Gasteiger charge is -2.21. The number of pyridine rings is 1. The summed E-state index contributed by atoms with van der Waals surface area (Å²) < 4.78 is 0. The van der Waals surface area contributed by atoms with E-state index in [1.165, 1.54) is 6.42 Å². The molecule has 2 rings (SSSR count). The molecule has 3 heteroatoms. The third-order valence-electron chi connectivity index (χ3n) is 4.16. The maximum Gasteiger partial charge on any atom is 0.129 e. The topological polar surface area (TPSA) is 36.4 Å². The van der Waals surface area contributed by atoms with Crippen LogP contribution in [0.25, 0.3) is 0 Å². The summed E-state index contributed by atoms with van der Waals surface area (Å²) in [7, 11) is 0. The second kappa shape index (κ2) is 5.91. The maximum atomic E-state index is 9.41. The molecule has 1 atom stereocenters. The SMILES string of the molecule is CC(C)c1cc(CO)cc(N2CCC(C(C)C)C2)n1. The quantitative estimate of drug-likeness (QED) is 0.905. The smallest absolute Gasteiger partial charge is 0.129 e. The summed E-state index contributed by atoms with van der Waals surface area (Å²) in [6.07, 6.45) is 1.25. The van der Waals surface area contributed by atoms with E-state index >= 15 is 0 Å². The molecule has 1 aromatic rings. The number of anilines is 1. The Morgan fingerprint density at radius 1 is 1.32 bits per heavy atom. The lowest BCUT2D eigenvalue weighted by Crippen LogP contribution is -2.23. The zero-order valence-corrected chi connectivity index (χ0v) is 12.6. The Morgan fingerprint density at radius 2 is 2.05 bits per heavy atom. The first-order valence-electron chi connectivity index (χ1n) is 7.38. The Kier molecular flexibility index (Phi) is 4.46. The molecule has 1 aliphatic heterocycles. The van der Waals surface area contributed by atoms with E-state index in [1.54, 1.807) is 0 Å². The van der Waals surface area contributed by atoms with E-state index in [-0.39, 0.29) is 6.61 Å². The molecule has 1 saturated heterocycles. The molecule has 0 bridgehead atoms. The number of hydrogen-bond donors (Lipinski definition) is 1. The predicted molar refractivity (Wildman–Crippen MR) is 79.4 cm³/mol. The van der Waals surface area contributed by atoms with Crippen LogP contribution in [0.5, 0.6) is 0 Å². The van der Waals surface area contributed by atoms with Crippen molar-refractivity contribution in [3.8, 4) is 0 Å². The summed E-state index contributed by atoms with van der Waals surface area (Å²) in [5.41, 5.74) is 2.05. The number of aliphatic hydroxyl groups is 1. The van der Waals surface area contributed by atoms with E-state index in [1.807, 2.05) is 12.1 Å². The highest BCUT2D eigenvalue weighted by Crippen LogP contribution is 2.29. The van der Waals surface area contributed by atoms with E-state index in [2.05, 4.69) is 32.6 Å². The van der Waals surface area contributed by atoms with Crippen LogP contribution in [-0.2, 0) is 6.61 Å². The summed E-state index contributed by atoms with van der Waals surface area (Å²) in [6, 6.07) is 4.05. The number of hydrogen-bond acceptors (Lipinski definition) is 3. The van der Waals surface area contributed by atoms with Gasteiger partial charge in [-0.2, -0.15) is 0 Å². The number of rotatable bonds is 4. The number of nitrogens with zero attached hydrogens (tertiary/aromatic N) is 2. The van der Waals surface area contributed by atoms with E-state index in [9.17, 15) is 5.11 Å². The number of aliphatic hydroxyl groups excluding tert-OH is 1. The van der Waals surface area contributed by atoms with Crippen molar-refractivity contribution in [1.29, 1.82) is 0 Å². The molecule has 19 heavy (non-hydrogen) atoms. The van der Waals surface area contributed by atoms with Crippen molar-refractivity contribution in [2.75, 3.05) is 18.0 Å². The summed E-state index contributed by atoms with van der Waals surface area (Å²) in [4.78, 5) is 7.14. The molecule has 1 N–H and O–H groups in total. The monoisotopic (exact) mass is 262 g/mol. The van der Waals surface area contributed by atoms with Crippen LogP contribution >= 0.6 is 0 Å². The predicted octanol–water partition coefficient (Wildman–Crippen LogP) is 3.18. The first-order valence-corrected chi connectivity index (χ1v) is 7.38. The molecule has 106 valence electrons. The van der Waals surface area contributed by atoms with Gasteiger partial charge in [-0.15, -0.1) is 0 Å². The Balaban J connectivity index is 2.22. The fraction of sp³-hybridized carbons (Fsp3) is 0.688. The van der Waals surface area contributed by atoms with Gasteiger partial charge in [0, 0.05) is 18.8 Å². The van der Waals surface area contributed by atoms with Gasteiger partial charge in [0.15, 0.2) is 0 Å². The van der Waals surface area contributed by atoms with Crippen molar-refractivity contribution in [1.82, 2.24) is 4.98 Å². The highest BCUT2D eigenvalue weighted by Gasteiger charge is 2.26. The average Bonchev–Trinajstić information content (AvgIpc) is 2.87. The van der Waals surface area contributed by atoms with E-state index in [4.69, 9.17) is 4.98 Å². The maximum absolute atomic E-state index is 9.41. The second-order valence-electron chi connectivity index (χ2n) is 6.31. The van der Waals surface area contributed by atoms with Gasteiger partial charge in [0.1, 0.15) is 5.82 Å². The zero-order valence-electron chi connectivity index (χ0n) is 12.6. The van der Waals surface area contributed by atoms with Crippen LogP contribution in [0.2, 0.25) is 0 Å². The fourth-order valence-corrected chi connectivity index (χ4v) is 2.68. The Bertz CT molecular complexity index is 429. The van der Waals surface area contributed by atoms with Crippen molar-refractivity contribution in [2.24, 2.45) is 11.8 Å². The van der Waals surface area contributed by atoms with Gasteiger partial charge in [0.05, 0.1) is 6.61 Å². The minimum absolute atomic E-state index is 0.0939. The molecule has 1 fully saturated rings. The molecule has 0 radical (unpaired) electrons. The minimum Gasteiger partial charge on any atom is -0.392 e. The Labute approximate surface area is 116 Å². The normalized spacial score (nSPS) is 19.7. The summed E-state index contributed by atoms with van der Waals surface area (Å²) in [6.45, 7) is 11.2. The molecule has 0 aromatic carbocycles. The van der Waals surface area contributed by atoms with Crippen molar-refractivity contribution in [3.05, 3.63) is 23.4 Å². The third-order valence-corrected chi connectivity index (χ3v) is 4.16. The van der Waals surface area contributed by atoms with Crippen LogP contribution in [0.15, 0.2) is 12.1 Å². The molecule has 3 nitrogen and oxygen atoms in total. The van der Waals surface area contributed by atoms with Crippen molar-refractivity contribution >= 4 is 5.82 Å². The largest absolute Gasteiger partial charge is 0.392 e. The van der Waals surface area contributed by atoms with Crippen molar-refractivity contribution in [2.45, 2.75) is 46.6 Å². The number of aromatic nitrogens is 1. The highest BCUT2D eigenvalue weighted by molar-refractivity contribution is 5.44. The van der Waals surface area contributed by atoms with Gasteiger partial charge in [0.2, 0.25) is 0 Å². The summed E-state index contributed by atoms with van der Waals surface area (Å²) in [5.74, 6) is 2.94. The van der Waals surface area contributed by atoms with Gasteiger partial charge < -0.3 is 10.0 Å². The Hall–Kier alpha value is -1.09. The van der Waals surface area contributed by atoms with Gasteiger partial charge >= 0.3 is 0 Å². The van der Waals surface area contributed by atoms with Crippen molar-refractivity contribution in [3.63, 3.8) is 0 Å². The second-order valence-corrected chi connectivity index (χ2v) is 6.31. The van der Waals surface area contributed by atoms with Crippen LogP contribution in [0, 0.1) is 11.8 Å². The Morgan fingerprint density at radius 3 is 2.58 bits per heavy atom. The van der Waals surface area contributed by atoms with Crippen LogP contribution in [0.4, 0.5) is 5.82 Å². The van der Waals surface area contributed by atoms with Gasteiger partial charge in [-0.05, 0) is 41.9 Å². The fourth-order valence-electron chi connectivity index (χ4n) is 2.68. The molecule has 0 spiro atoms. The van der Waals surface area contributed by atoms with Crippen LogP contribution in [0.1, 0.15) is 51.3 Å². The molecule has 0 saturated carbocycles. The molecule has 0 aliphatic carbocycles. The minimum atomic E-state index is 0.0939. The van der Waals surface area contributed by atoms with Gasteiger partial charge in [0.25, 0.3) is 0 Å². The molecular formula is C16H26N2O. The van der Waals surface area contributed by atoms with E-state index in [0.29, 0.717) is 5.92 Å². The lowest BCUT2D eigenvalue weighted by atomic mass is 9.95. The molecule has 2 heterocycles. The molecule has 1 aromatic heterocycles. The molecule has 1 aliphatic rings. The van der Waals surface area contributed by atoms with Crippen LogP contribution in [0.3, 0.4) is 0 Å². The first kappa shape index (κ1) is 14.3. The molecule has 0 amide bonds. The standard InChI is InChI=1S/C16H26N2O/c1-11(2)14-5-6-18(9-14)16-8-13(10-19)7-15(17-16)12(3)4/h7-8,11-12,14,19H,5-6,9-10H2,1-4H3. The van der Waals surface area contributed by atoms with E-state index in [0.717, 1.165) is 42.0 Å². The van der Waals surface area contributed by atoms with Gasteiger partial charge in [-0.3, -0.25) is 0 Å². The summed E-state index contributed by atoms with van der Waals surface area (Å²) >= 11 is 0. The highest BCUT2D eigenvalue weighted by atomic mass is 16.3. The van der Waals surface area contributed by atoms with Gasteiger partial charge in [-0.25, -0.2) is 4.98 Å². The first-order chi connectivity index (χ1) is 9.01. The third kappa shape index (κ3) is 3.27. The molecule has 1 unspecified atom stereocenters. The lowest BCUT2D eigenvalue weighted by molar-refractivity contribution is 0.281. The van der Waals surface area contributed by atoms with Crippen LogP contribution < -0.4 is 4.90 Å². The van der Waals surface area contributed by atoms with E-state index < -0.39 is 0 Å². The van der Waals surface area contributed by atoms with Gasteiger partial charge in [-0.1, -0.05) is 27.7 Å². The molecular weight excluding hydrogens is 236 g/mol. The average molecular weight is 262 g/mol. The van der Waals surface area contributed by atoms with Crippen LogP contribution in [-0.4, -0.2) is 23.2 Å². The zero-order chi connectivity index (χ0) is 14.0. The summed E-state index contributed by atoms with van der Waals surface area (Å²) in [5, 5.41) is 9.41.